The molecule has 1 fully saturated rings. The van der Waals surface area contributed by atoms with Crippen molar-refractivity contribution in [3.8, 4) is 11.8 Å². The van der Waals surface area contributed by atoms with Gasteiger partial charge in [0.15, 0.2) is 0 Å². The number of hydrogen-bond donors (Lipinski definition) is 1. The predicted molar refractivity (Wildman–Crippen MR) is 99.3 cm³/mol. The maximum atomic E-state index is 12.4. The zero-order valence-corrected chi connectivity index (χ0v) is 14.3. The van der Waals surface area contributed by atoms with Gasteiger partial charge in [-0.2, -0.15) is 0 Å². The number of rotatable bonds is 2. The van der Waals surface area contributed by atoms with Crippen molar-refractivity contribution in [1.29, 1.82) is 0 Å². The third-order valence-corrected chi connectivity index (χ3v) is 4.50. The number of carbonyl (C=O) groups is 1. The minimum absolute atomic E-state index is 0.140. The molecule has 0 radical (unpaired) electrons. The average Bonchev–Trinajstić information content (AvgIpc) is 2.63. The lowest BCUT2D eigenvalue weighted by Gasteiger charge is -2.15. The van der Waals surface area contributed by atoms with Gasteiger partial charge in [-0.25, -0.2) is 0 Å². The summed E-state index contributed by atoms with van der Waals surface area (Å²) in [6.45, 7) is 0. The lowest BCUT2D eigenvalue weighted by molar-refractivity contribution is 0.102. The van der Waals surface area contributed by atoms with Gasteiger partial charge in [0.1, 0.15) is 0 Å². The summed E-state index contributed by atoms with van der Waals surface area (Å²) in [5.41, 5.74) is 2.23. The van der Waals surface area contributed by atoms with Crippen molar-refractivity contribution in [1.82, 2.24) is 0 Å². The van der Waals surface area contributed by atoms with Crippen LogP contribution in [-0.4, -0.2) is 5.91 Å². The Morgan fingerprint density at radius 2 is 1.79 bits per heavy atom. The predicted octanol–water partition coefficient (Wildman–Crippen LogP) is 5.52. The van der Waals surface area contributed by atoms with E-state index in [1.165, 1.54) is 32.1 Å². The van der Waals surface area contributed by atoms with Crippen LogP contribution < -0.4 is 5.32 Å². The molecule has 24 heavy (non-hydrogen) atoms. The van der Waals surface area contributed by atoms with Gasteiger partial charge in [-0.05, 0) is 55.3 Å². The molecule has 1 aliphatic rings. The van der Waals surface area contributed by atoms with Gasteiger partial charge in [-0.15, -0.1) is 0 Å². The first kappa shape index (κ1) is 16.6. The van der Waals surface area contributed by atoms with E-state index in [4.69, 9.17) is 11.6 Å². The lowest BCUT2D eigenvalue weighted by atomic mass is 9.89. The molecule has 3 rings (SSSR count). The van der Waals surface area contributed by atoms with Gasteiger partial charge < -0.3 is 5.32 Å². The maximum absolute atomic E-state index is 12.4. The third kappa shape index (κ3) is 4.63. The summed E-state index contributed by atoms with van der Waals surface area (Å²) in [6.07, 6.45) is 6.29. The summed E-state index contributed by atoms with van der Waals surface area (Å²) >= 11 is 5.86. The highest BCUT2D eigenvalue weighted by Gasteiger charge is 2.10. The number of anilines is 1. The van der Waals surface area contributed by atoms with Crippen molar-refractivity contribution in [2.24, 2.45) is 5.92 Å². The maximum Gasteiger partial charge on any atom is 0.255 e. The first-order valence-electron chi connectivity index (χ1n) is 8.39. The third-order valence-electron chi connectivity index (χ3n) is 4.25. The molecule has 0 spiro atoms. The van der Waals surface area contributed by atoms with Crippen molar-refractivity contribution >= 4 is 23.2 Å². The Balaban J connectivity index is 1.69. The Kier molecular flexibility index (Phi) is 5.56. The molecule has 0 heterocycles. The molecule has 2 aromatic rings. The minimum atomic E-state index is -0.140. The van der Waals surface area contributed by atoms with Crippen LogP contribution in [0.25, 0.3) is 0 Å². The van der Waals surface area contributed by atoms with Crippen molar-refractivity contribution in [2.75, 3.05) is 5.32 Å². The van der Waals surface area contributed by atoms with Crippen LogP contribution in [0.2, 0.25) is 5.02 Å². The molecular formula is C21H20ClNO. The summed E-state index contributed by atoms with van der Waals surface area (Å²) in [4.78, 5) is 12.4. The van der Waals surface area contributed by atoms with Crippen LogP contribution >= 0.6 is 11.6 Å². The lowest BCUT2D eigenvalue weighted by Crippen LogP contribution is -2.11. The second-order valence-corrected chi connectivity index (χ2v) is 6.58. The van der Waals surface area contributed by atoms with E-state index < -0.39 is 0 Å². The van der Waals surface area contributed by atoms with E-state index in [1.807, 2.05) is 18.2 Å². The fourth-order valence-electron chi connectivity index (χ4n) is 2.91. The highest BCUT2D eigenvalue weighted by atomic mass is 35.5. The minimum Gasteiger partial charge on any atom is -0.322 e. The first-order chi connectivity index (χ1) is 11.7. The second kappa shape index (κ2) is 8.04. The molecular weight excluding hydrogens is 318 g/mol. The quantitative estimate of drug-likeness (QED) is 0.718. The van der Waals surface area contributed by atoms with Gasteiger partial charge in [-0.1, -0.05) is 48.8 Å². The number of amides is 1. The van der Waals surface area contributed by atoms with Crippen molar-refractivity contribution in [3.05, 3.63) is 64.7 Å². The Bertz CT molecular complexity index is 764. The number of carbonyl (C=O) groups excluding carboxylic acids is 1. The van der Waals surface area contributed by atoms with Crippen LogP contribution in [0.15, 0.2) is 48.5 Å². The van der Waals surface area contributed by atoms with E-state index in [2.05, 4.69) is 17.2 Å². The molecule has 3 heteroatoms. The van der Waals surface area contributed by atoms with Crippen molar-refractivity contribution < 1.29 is 4.79 Å². The highest BCUT2D eigenvalue weighted by Crippen LogP contribution is 2.23. The van der Waals surface area contributed by atoms with Gasteiger partial charge >= 0.3 is 0 Å². The fourth-order valence-corrected chi connectivity index (χ4v) is 3.03. The molecule has 1 aliphatic carbocycles. The SMILES string of the molecule is O=C(Nc1ccc(Cl)cc1)c1cccc(C#CC2CCCCC2)c1. The Labute approximate surface area is 148 Å². The van der Waals surface area contributed by atoms with Crippen LogP contribution in [0, 0.1) is 17.8 Å². The van der Waals surface area contributed by atoms with Crippen LogP contribution in [0.1, 0.15) is 48.0 Å². The smallest absolute Gasteiger partial charge is 0.255 e. The second-order valence-electron chi connectivity index (χ2n) is 6.15. The van der Waals surface area contributed by atoms with Gasteiger partial charge in [0.05, 0.1) is 0 Å². The van der Waals surface area contributed by atoms with E-state index in [0.717, 1.165) is 11.3 Å². The van der Waals surface area contributed by atoms with Crippen molar-refractivity contribution in [2.45, 2.75) is 32.1 Å². The van der Waals surface area contributed by atoms with Crippen LogP contribution in [0.4, 0.5) is 5.69 Å². The zero-order chi connectivity index (χ0) is 16.8. The number of benzene rings is 2. The van der Waals surface area contributed by atoms with E-state index in [0.29, 0.717) is 16.5 Å². The van der Waals surface area contributed by atoms with E-state index >= 15 is 0 Å². The van der Waals surface area contributed by atoms with Crippen LogP contribution in [0.5, 0.6) is 0 Å². The number of nitrogens with one attached hydrogen (secondary N) is 1. The molecule has 1 N–H and O–H groups in total. The Hall–Kier alpha value is -2.24. The van der Waals surface area contributed by atoms with Gasteiger partial charge in [0, 0.05) is 27.8 Å². The van der Waals surface area contributed by atoms with Gasteiger partial charge in [-0.3, -0.25) is 4.79 Å². The number of halogens is 1. The summed E-state index contributed by atoms with van der Waals surface area (Å²) in [6, 6.07) is 14.6. The molecule has 1 saturated carbocycles. The molecule has 1 amide bonds. The molecule has 2 nitrogen and oxygen atoms in total. The summed E-state index contributed by atoms with van der Waals surface area (Å²) < 4.78 is 0. The Morgan fingerprint density at radius 3 is 2.54 bits per heavy atom. The largest absolute Gasteiger partial charge is 0.322 e. The standard InChI is InChI=1S/C21H20ClNO/c22-19-11-13-20(14-12-19)23-21(24)18-8-4-7-17(15-18)10-9-16-5-2-1-3-6-16/h4,7-8,11-16H,1-3,5-6H2,(H,23,24). The summed E-state index contributed by atoms with van der Waals surface area (Å²) in [7, 11) is 0. The van der Waals surface area contributed by atoms with Gasteiger partial charge in [0.25, 0.3) is 5.91 Å². The molecule has 0 atom stereocenters. The Morgan fingerprint density at radius 1 is 1.04 bits per heavy atom. The molecule has 0 aliphatic heterocycles. The summed E-state index contributed by atoms with van der Waals surface area (Å²) in [5, 5.41) is 3.52. The molecule has 0 saturated heterocycles. The summed E-state index contributed by atoms with van der Waals surface area (Å²) in [5.74, 6) is 6.96. The molecule has 2 aromatic carbocycles. The van der Waals surface area contributed by atoms with Crippen LogP contribution in [-0.2, 0) is 0 Å². The first-order valence-corrected chi connectivity index (χ1v) is 8.77. The molecule has 0 aromatic heterocycles. The van der Waals surface area contributed by atoms with Gasteiger partial charge in [0.2, 0.25) is 0 Å². The monoisotopic (exact) mass is 337 g/mol. The zero-order valence-electron chi connectivity index (χ0n) is 13.5. The van der Waals surface area contributed by atoms with E-state index in [-0.39, 0.29) is 5.91 Å². The fraction of sp³-hybridized carbons (Fsp3) is 0.286. The average molecular weight is 338 g/mol. The molecule has 122 valence electrons. The van der Waals surface area contributed by atoms with Crippen molar-refractivity contribution in [3.63, 3.8) is 0 Å². The number of hydrogen-bond acceptors (Lipinski definition) is 1. The molecule has 0 bridgehead atoms. The van der Waals surface area contributed by atoms with E-state index in [1.54, 1.807) is 30.3 Å². The molecule has 0 unspecified atom stereocenters. The topological polar surface area (TPSA) is 29.1 Å². The normalized spacial score (nSPS) is 14.5. The van der Waals surface area contributed by atoms with E-state index in [9.17, 15) is 4.79 Å². The highest BCUT2D eigenvalue weighted by molar-refractivity contribution is 6.30. The van der Waals surface area contributed by atoms with Crippen LogP contribution in [0.3, 0.4) is 0 Å².